The van der Waals surface area contributed by atoms with E-state index in [4.69, 9.17) is 10.5 Å². The molecule has 1 atom stereocenters. The van der Waals surface area contributed by atoms with Crippen molar-refractivity contribution in [3.05, 3.63) is 24.3 Å². The van der Waals surface area contributed by atoms with Gasteiger partial charge in [0.15, 0.2) is 0 Å². The van der Waals surface area contributed by atoms with Gasteiger partial charge in [-0.05, 0) is 17.5 Å². The fraction of sp³-hybridized carbons (Fsp3) is 0.562. The maximum Gasteiger partial charge on any atom is 0.241 e. The molecular weight excluding hydrogens is 266 g/mol. The van der Waals surface area contributed by atoms with Gasteiger partial charge >= 0.3 is 0 Å². The van der Waals surface area contributed by atoms with Crippen LogP contribution in [0.4, 0.5) is 11.4 Å². The molecule has 0 radical (unpaired) electrons. The van der Waals surface area contributed by atoms with E-state index in [2.05, 4.69) is 10.2 Å². The van der Waals surface area contributed by atoms with Crippen LogP contribution in [-0.2, 0) is 9.53 Å². The Morgan fingerprint density at radius 2 is 1.90 bits per heavy atom. The van der Waals surface area contributed by atoms with E-state index in [-0.39, 0.29) is 11.3 Å². The molecule has 0 aromatic heterocycles. The number of morpholine rings is 1. The molecule has 0 saturated carbocycles. The maximum atomic E-state index is 12.3. The van der Waals surface area contributed by atoms with Crippen LogP contribution < -0.4 is 16.0 Å². The van der Waals surface area contributed by atoms with Crippen LogP contribution in [0.2, 0.25) is 0 Å². The molecule has 1 fully saturated rings. The van der Waals surface area contributed by atoms with E-state index < -0.39 is 6.04 Å². The Hall–Kier alpha value is -1.59. The van der Waals surface area contributed by atoms with Crippen LogP contribution >= 0.6 is 0 Å². The molecule has 1 heterocycles. The molecule has 116 valence electrons. The van der Waals surface area contributed by atoms with Crippen molar-refractivity contribution in [2.45, 2.75) is 26.8 Å². The minimum absolute atomic E-state index is 0.150. The lowest BCUT2D eigenvalue weighted by atomic mass is 9.87. The summed E-state index contributed by atoms with van der Waals surface area (Å²) in [7, 11) is 0. The second-order valence-electron chi connectivity index (χ2n) is 6.45. The van der Waals surface area contributed by atoms with Crippen LogP contribution in [0, 0.1) is 5.41 Å². The van der Waals surface area contributed by atoms with Crippen LogP contribution in [0.3, 0.4) is 0 Å². The first-order valence-corrected chi connectivity index (χ1v) is 7.38. The highest BCUT2D eigenvalue weighted by atomic mass is 16.5. The number of nitrogens with zero attached hydrogens (tertiary/aromatic N) is 1. The Bertz CT molecular complexity index is 491. The van der Waals surface area contributed by atoms with Gasteiger partial charge in [-0.3, -0.25) is 4.79 Å². The standard InChI is InChI=1S/C16H25N3O2/c1-16(2,3)14(17)15(20)18-12-6-4-5-7-13(12)19-8-10-21-11-9-19/h4-7,14H,8-11,17H2,1-3H3,(H,18,20). The quantitative estimate of drug-likeness (QED) is 0.891. The number of hydrogen-bond donors (Lipinski definition) is 2. The maximum absolute atomic E-state index is 12.3. The van der Waals surface area contributed by atoms with E-state index in [1.165, 1.54) is 0 Å². The summed E-state index contributed by atoms with van der Waals surface area (Å²) in [4.78, 5) is 14.5. The molecule has 1 aromatic rings. The number of benzene rings is 1. The van der Waals surface area contributed by atoms with Gasteiger partial charge in [0.2, 0.25) is 5.91 Å². The second-order valence-corrected chi connectivity index (χ2v) is 6.45. The highest BCUT2D eigenvalue weighted by Gasteiger charge is 2.28. The van der Waals surface area contributed by atoms with Gasteiger partial charge in [-0.1, -0.05) is 32.9 Å². The van der Waals surface area contributed by atoms with E-state index >= 15 is 0 Å². The fourth-order valence-electron chi connectivity index (χ4n) is 2.26. The van der Waals surface area contributed by atoms with Gasteiger partial charge in [0.1, 0.15) is 0 Å². The zero-order valence-corrected chi connectivity index (χ0v) is 13.1. The van der Waals surface area contributed by atoms with E-state index in [0.717, 1.165) is 24.5 Å². The first-order chi connectivity index (χ1) is 9.89. The van der Waals surface area contributed by atoms with Gasteiger partial charge in [-0.15, -0.1) is 0 Å². The smallest absolute Gasteiger partial charge is 0.241 e. The first-order valence-electron chi connectivity index (χ1n) is 7.38. The Kier molecular flexibility index (Phi) is 4.85. The number of hydrogen-bond acceptors (Lipinski definition) is 4. The molecule has 0 aliphatic carbocycles. The van der Waals surface area contributed by atoms with Crippen LogP contribution in [-0.4, -0.2) is 38.3 Å². The van der Waals surface area contributed by atoms with Gasteiger partial charge in [0.25, 0.3) is 0 Å². The van der Waals surface area contributed by atoms with Gasteiger partial charge in [-0.25, -0.2) is 0 Å². The lowest BCUT2D eigenvalue weighted by Crippen LogP contribution is -2.45. The molecule has 1 aromatic carbocycles. The van der Waals surface area contributed by atoms with E-state index in [9.17, 15) is 4.79 Å². The number of para-hydroxylation sites is 2. The molecule has 5 heteroatoms. The predicted molar refractivity (Wildman–Crippen MR) is 85.5 cm³/mol. The van der Waals surface area contributed by atoms with Crippen molar-refractivity contribution in [3.8, 4) is 0 Å². The summed E-state index contributed by atoms with van der Waals surface area (Å²) < 4.78 is 5.38. The number of carbonyl (C=O) groups excluding carboxylic acids is 1. The number of rotatable bonds is 3. The third-order valence-electron chi connectivity index (χ3n) is 3.73. The average molecular weight is 291 g/mol. The Morgan fingerprint density at radius 1 is 1.29 bits per heavy atom. The van der Waals surface area contributed by atoms with Gasteiger partial charge in [-0.2, -0.15) is 0 Å². The number of carbonyl (C=O) groups is 1. The molecule has 0 bridgehead atoms. The van der Waals surface area contributed by atoms with E-state index in [0.29, 0.717) is 13.2 Å². The minimum atomic E-state index is -0.546. The van der Waals surface area contributed by atoms with Gasteiger partial charge in [0, 0.05) is 13.1 Å². The summed E-state index contributed by atoms with van der Waals surface area (Å²) in [6, 6.07) is 7.28. The number of ether oxygens (including phenoxy) is 1. The van der Waals surface area contributed by atoms with E-state index in [1.54, 1.807) is 0 Å². The van der Waals surface area contributed by atoms with Crippen molar-refractivity contribution < 1.29 is 9.53 Å². The summed E-state index contributed by atoms with van der Waals surface area (Å²) in [5.41, 5.74) is 7.59. The summed E-state index contributed by atoms with van der Waals surface area (Å²) in [6.07, 6.45) is 0. The molecule has 1 amide bonds. The summed E-state index contributed by atoms with van der Waals surface area (Å²) in [6.45, 7) is 8.98. The molecular formula is C16H25N3O2. The monoisotopic (exact) mass is 291 g/mol. The van der Waals surface area contributed by atoms with Crippen molar-refractivity contribution in [2.75, 3.05) is 36.5 Å². The molecule has 5 nitrogen and oxygen atoms in total. The highest BCUT2D eigenvalue weighted by molar-refractivity contribution is 5.98. The van der Waals surface area contributed by atoms with Crippen LogP contribution in [0.25, 0.3) is 0 Å². The highest BCUT2D eigenvalue weighted by Crippen LogP contribution is 2.27. The van der Waals surface area contributed by atoms with Crippen LogP contribution in [0.1, 0.15) is 20.8 Å². The first kappa shape index (κ1) is 15.8. The number of anilines is 2. The largest absolute Gasteiger partial charge is 0.378 e. The van der Waals surface area contributed by atoms with Crippen molar-refractivity contribution in [3.63, 3.8) is 0 Å². The second kappa shape index (κ2) is 6.45. The normalized spacial score (nSPS) is 17.4. The number of nitrogens with one attached hydrogen (secondary N) is 1. The fourth-order valence-corrected chi connectivity index (χ4v) is 2.26. The van der Waals surface area contributed by atoms with Crippen LogP contribution in [0.5, 0.6) is 0 Å². The molecule has 21 heavy (non-hydrogen) atoms. The lowest BCUT2D eigenvalue weighted by molar-refractivity contribution is -0.119. The van der Waals surface area contributed by atoms with E-state index in [1.807, 2.05) is 45.0 Å². The summed E-state index contributed by atoms with van der Waals surface area (Å²) in [5, 5.41) is 2.97. The SMILES string of the molecule is CC(C)(C)C(N)C(=O)Nc1ccccc1N1CCOCC1. The topological polar surface area (TPSA) is 67.6 Å². The Balaban J connectivity index is 2.15. The molecule has 2 rings (SSSR count). The van der Waals surface area contributed by atoms with Crippen molar-refractivity contribution >= 4 is 17.3 Å². The van der Waals surface area contributed by atoms with Gasteiger partial charge < -0.3 is 20.7 Å². The van der Waals surface area contributed by atoms with Crippen molar-refractivity contribution in [2.24, 2.45) is 11.1 Å². The Labute approximate surface area is 126 Å². The molecule has 1 aliphatic heterocycles. The number of amides is 1. The third-order valence-corrected chi connectivity index (χ3v) is 3.73. The third kappa shape index (κ3) is 3.95. The minimum Gasteiger partial charge on any atom is -0.378 e. The zero-order chi connectivity index (χ0) is 15.5. The molecule has 0 spiro atoms. The zero-order valence-electron chi connectivity index (χ0n) is 13.1. The average Bonchev–Trinajstić information content (AvgIpc) is 2.47. The molecule has 1 saturated heterocycles. The van der Waals surface area contributed by atoms with Gasteiger partial charge in [0.05, 0.1) is 30.6 Å². The Morgan fingerprint density at radius 3 is 2.52 bits per heavy atom. The lowest BCUT2D eigenvalue weighted by Gasteiger charge is -2.31. The molecule has 1 aliphatic rings. The molecule has 1 unspecified atom stereocenters. The van der Waals surface area contributed by atoms with Crippen LogP contribution in [0.15, 0.2) is 24.3 Å². The summed E-state index contributed by atoms with van der Waals surface area (Å²) >= 11 is 0. The molecule has 3 N–H and O–H groups in total. The predicted octanol–water partition coefficient (Wildman–Crippen LogP) is 1.84. The van der Waals surface area contributed by atoms with Crippen molar-refractivity contribution in [1.82, 2.24) is 0 Å². The number of nitrogens with two attached hydrogens (primary N) is 1. The summed E-state index contributed by atoms with van der Waals surface area (Å²) in [5.74, 6) is -0.150. The van der Waals surface area contributed by atoms with Crippen molar-refractivity contribution in [1.29, 1.82) is 0 Å².